The highest BCUT2D eigenvalue weighted by Gasteiger charge is 2.23. The van der Waals surface area contributed by atoms with Gasteiger partial charge in [0.1, 0.15) is 30.7 Å². The summed E-state index contributed by atoms with van der Waals surface area (Å²) in [5, 5.41) is 2.95. The van der Waals surface area contributed by atoms with Crippen molar-refractivity contribution >= 4 is 11.6 Å². The Kier molecular flexibility index (Phi) is 4.49. The van der Waals surface area contributed by atoms with Crippen molar-refractivity contribution in [3.8, 4) is 11.5 Å². The van der Waals surface area contributed by atoms with Crippen molar-refractivity contribution in [2.45, 2.75) is 19.4 Å². The second-order valence-corrected chi connectivity index (χ2v) is 5.88. The fourth-order valence-corrected chi connectivity index (χ4v) is 2.96. The van der Waals surface area contributed by atoms with Crippen LogP contribution in [-0.4, -0.2) is 52.0 Å². The number of rotatable bonds is 4. The maximum Gasteiger partial charge on any atom is 0.279 e. The molecule has 2 aliphatic rings. The Bertz CT molecular complexity index is 555. The van der Waals surface area contributed by atoms with Crippen molar-refractivity contribution in [3.63, 3.8) is 0 Å². The van der Waals surface area contributed by atoms with E-state index in [2.05, 4.69) is 5.32 Å². The van der Waals surface area contributed by atoms with Gasteiger partial charge in [-0.1, -0.05) is 0 Å². The molecule has 6 nitrogen and oxygen atoms in total. The van der Waals surface area contributed by atoms with Crippen LogP contribution >= 0.6 is 0 Å². The lowest BCUT2D eigenvalue weighted by Crippen LogP contribution is -3.15. The van der Waals surface area contributed by atoms with E-state index in [4.69, 9.17) is 14.2 Å². The molecule has 2 aliphatic heterocycles. The molecule has 1 aromatic rings. The zero-order valence-corrected chi connectivity index (χ0v) is 13.1. The first kappa shape index (κ1) is 15.1. The number of carbonyl (C=O) groups excluding carboxylic acids is 1. The lowest BCUT2D eigenvalue weighted by atomic mass is 10.1. The van der Waals surface area contributed by atoms with Crippen LogP contribution in [0.25, 0.3) is 0 Å². The first-order valence-corrected chi connectivity index (χ1v) is 7.74. The first-order chi connectivity index (χ1) is 10.7. The molecular weight excluding hydrogens is 284 g/mol. The third-order valence-electron chi connectivity index (χ3n) is 4.10. The van der Waals surface area contributed by atoms with Crippen molar-refractivity contribution in [1.29, 1.82) is 0 Å². The third-order valence-corrected chi connectivity index (χ3v) is 4.10. The molecule has 1 saturated heterocycles. The summed E-state index contributed by atoms with van der Waals surface area (Å²) in [6.45, 7) is 5.66. The van der Waals surface area contributed by atoms with E-state index in [0.29, 0.717) is 18.0 Å². The van der Waals surface area contributed by atoms with Crippen LogP contribution in [0.1, 0.15) is 12.5 Å². The van der Waals surface area contributed by atoms with Gasteiger partial charge in [0.15, 0.2) is 6.54 Å². The van der Waals surface area contributed by atoms with Crippen LogP contribution in [0.4, 0.5) is 5.69 Å². The second kappa shape index (κ2) is 6.54. The van der Waals surface area contributed by atoms with E-state index in [0.717, 1.165) is 44.0 Å². The van der Waals surface area contributed by atoms with E-state index < -0.39 is 0 Å². The Labute approximate surface area is 130 Å². The molecular formula is C16H23N2O4+. The summed E-state index contributed by atoms with van der Waals surface area (Å²) >= 11 is 0. The van der Waals surface area contributed by atoms with Crippen molar-refractivity contribution in [1.82, 2.24) is 0 Å². The van der Waals surface area contributed by atoms with Crippen LogP contribution in [0.2, 0.25) is 0 Å². The van der Waals surface area contributed by atoms with E-state index in [1.54, 1.807) is 7.11 Å². The monoisotopic (exact) mass is 307 g/mol. The maximum absolute atomic E-state index is 12.2. The van der Waals surface area contributed by atoms with E-state index >= 15 is 0 Å². The minimum Gasteiger partial charge on any atom is -0.495 e. The van der Waals surface area contributed by atoms with Gasteiger partial charge >= 0.3 is 0 Å². The molecule has 0 radical (unpaired) electrons. The number of ether oxygens (including phenoxy) is 3. The van der Waals surface area contributed by atoms with Crippen LogP contribution in [-0.2, 0) is 16.0 Å². The van der Waals surface area contributed by atoms with Crippen molar-refractivity contribution in [3.05, 3.63) is 17.7 Å². The average Bonchev–Trinajstić information content (AvgIpc) is 2.86. The zero-order chi connectivity index (χ0) is 15.5. The number of hydrogen-bond acceptors (Lipinski definition) is 4. The van der Waals surface area contributed by atoms with Crippen LogP contribution in [0.15, 0.2) is 12.1 Å². The van der Waals surface area contributed by atoms with Gasteiger partial charge in [-0.15, -0.1) is 0 Å². The van der Waals surface area contributed by atoms with Gasteiger partial charge < -0.3 is 24.4 Å². The number of methoxy groups -OCH3 is 1. The van der Waals surface area contributed by atoms with Gasteiger partial charge in [-0.05, 0) is 13.0 Å². The summed E-state index contributed by atoms with van der Waals surface area (Å²) < 4.78 is 16.5. The molecule has 1 atom stereocenters. The van der Waals surface area contributed by atoms with Crippen molar-refractivity contribution < 1.29 is 23.9 Å². The summed E-state index contributed by atoms with van der Waals surface area (Å²) in [6.07, 6.45) is 1.04. The summed E-state index contributed by atoms with van der Waals surface area (Å²) in [5.74, 6) is 1.50. The number of benzene rings is 1. The highest BCUT2D eigenvalue weighted by molar-refractivity contribution is 5.93. The number of nitrogens with one attached hydrogen (secondary N) is 2. The first-order valence-electron chi connectivity index (χ1n) is 7.74. The van der Waals surface area contributed by atoms with Crippen LogP contribution in [0.5, 0.6) is 11.5 Å². The SMILES string of the molecule is COc1cc2c(cc1NC(=O)C[NH+]1CCOCC1)OC(C)C2. The minimum absolute atomic E-state index is 0.0128. The number of fused-ring (bicyclic) bond motifs is 1. The molecule has 3 rings (SSSR count). The number of carbonyl (C=O) groups is 1. The van der Waals surface area contributed by atoms with Gasteiger partial charge in [0, 0.05) is 18.1 Å². The van der Waals surface area contributed by atoms with Crippen LogP contribution in [0.3, 0.4) is 0 Å². The Hall–Kier alpha value is -1.79. The average molecular weight is 307 g/mol. The van der Waals surface area contributed by atoms with Crippen molar-refractivity contribution in [2.24, 2.45) is 0 Å². The van der Waals surface area contributed by atoms with E-state index in [1.165, 1.54) is 4.90 Å². The second-order valence-electron chi connectivity index (χ2n) is 5.88. The number of quaternary nitrogens is 1. The molecule has 0 aliphatic carbocycles. The van der Waals surface area contributed by atoms with E-state index in [1.807, 2.05) is 19.1 Å². The Morgan fingerprint density at radius 2 is 2.18 bits per heavy atom. The van der Waals surface area contributed by atoms with Gasteiger partial charge in [-0.2, -0.15) is 0 Å². The molecule has 1 amide bonds. The van der Waals surface area contributed by atoms with E-state index in [-0.39, 0.29) is 12.0 Å². The molecule has 1 unspecified atom stereocenters. The largest absolute Gasteiger partial charge is 0.495 e. The summed E-state index contributed by atoms with van der Waals surface area (Å²) in [5.41, 5.74) is 1.80. The quantitative estimate of drug-likeness (QED) is 0.814. The lowest BCUT2D eigenvalue weighted by Gasteiger charge is -2.23. The van der Waals surface area contributed by atoms with Gasteiger partial charge in [0.05, 0.1) is 26.0 Å². The van der Waals surface area contributed by atoms with Gasteiger partial charge in [-0.3, -0.25) is 4.79 Å². The van der Waals surface area contributed by atoms with Crippen molar-refractivity contribution in [2.75, 3.05) is 45.3 Å². The summed E-state index contributed by atoms with van der Waals surface area (Å²) in [7, 11) is 1.61. The van der Waals surface area contributed by atoms with Crippen LogP contribution < -0.4 is 19.7 Å². The third kappa shape index (κ3) is 3.34. The Morgan fingerprint density at radius 1 is 1.41 bits per heavy atom. The molecule has 2 heterocycles. The highest BCUT2D eigenvalue weighted by atomic mass is 16.5. The lowest BCUT2D eigenvalue weighted by molar-refractivity contribution is -0.899. The molecule has 2 N–H and O–H groups in total. The predicted molar refractivity (Wildman–Crippen MR) is 81.8 cm³/mol. The Balaban J connectivity index is 1.68. The molecule has 0 aromatic heterocycles. The molecule has 0 spiro atoms. The molecule has 22 heavy (non-hydrogen) atoms. The molecule has 6 heteroatoms. The molecule has 1 fully saturated rings. The normalized spacial score (nSPS) is 21.1. The number of anilines is 1. The predicted octanol–water partition coefficient (Wildman–Crippen LogP) is -0.128. The smallest absolute Gasteiger partial charge is 0.279 e. The fourth-order valence-electron chi connectivity index (χ4n) is 2.96. The van der Waals surface area contributed by atoms with Crippen LogP contribution in [0, 0.1) is 0 Å². The maximum atomic E-state index is 12.2. The fraction of sp³-hybridized carbons (Fsp3) is 0.562. The summed E-state index contributed by atoms with van der Waals surface area (Å²) in [6, 6.07) is 3.82. The molecule has 120 valence electrons. The number of amides is 1. The topological polar surface area (TPSA) is 61.2 Å². The van der Waals surface area contributed by atoms with Gasteiger partial charge in [0.25, 0.3) is 5.91 Å². The highest BCUT2D eigenvalue weighted by Crippen LogP contribution is 2.37. The van der Waals surface area contributed by atoms with E-state index in [9.17, 15) is 4.79 Å². The van der Waals surface area contributed by atoms with Gasteiger partial charge in [0.2, 0.25) is 0 Å². The minimum atomic E-state index is -0.0128. The zero-order valence-electron chi connectivity index (χ0n) is 13.1. The standard InChI is InChI=1S/C16H22N2O4/c1-11-7-12-8-15(20-2)13(9-14(12)22-11)17-16(19)10-18-3-5-21-6-4-18/h8-9,11H,3-7,10H2,1-2H3,(H,17,19)/p+1. The molecule has 1 aromatic carbocycles. The van der Waals surface area contributed by atoms with Gasteiger partial charge in [-0.25, -0.2) is 0 Å². The number of hydrogen-bond donors (Lipinski definition) is 2. The molecule has 0 saturated carbocycles. The Morgan fingerprint density at radius 3 is 2.91 bits per heavy atom. The summed E-state index contributed by atoms with van der Waals surface area (Å²) in [4.78, 5) is 13.5. The number of morpholine rings is 1. The molecule has 0 bridgehead atoms.